The Morgan fingerprint density at radius 1 is 1.27 bits per heavy atom. The molecule has 1 amide bonds. The van der Waals surface area contributed by atoms with E-state index in [1.54, 1.807) is 23.4 Å². The zero-order valence-corrected chi connectivity index (χ0v) is 15.6. The number of fused-ring (bicyclic) bond motifs is 1. The van der Waals surface area contributed by atoms with Gasteiger partial charge in [0, 0.05) is 43.1 Å². The fourth-order valence-electron chi connectivity index (χ4n) is 2.84. The quantitative estimate of drug-likeness (QED) is 0.712. The Balaban J connectivity index is 1.93. The van der Waals surface area contributed by atoms with Crippen LogP contribution in [-0.2, 0) is 4.79 Å². The molecule has 0 fully saturated rings. The van der Waals surface area contributed by atoms with Crippen LogP contribution in [0.4, 0.5) is 5.82 Å². The third kappa shape index (κ3) is 3.24. The Hall–Kier alpha value is -2.96. The minimum atomic E-state index is -0.724. The van der Waals surface area contributed by atoms with Gasteiger partial charge < -0.3 is 15.2 Å². The number of carbonyl (C=O) groups is 1. The minimum absolute atomic E-state index is 0.0407. The van der Waals surface area contributed by atoms with Crippen molar-refractivity contribution >= 4 is 22.8 Å². The summed E-state index contributed by atoms with van der Waals surface area (Å²) in [6.07, 6.45) is 5.94. The molecule has 0 saturated heterocycles. The second kappa shape index (κ2) is 7.11. The smallest absolute Gasteiger partial charge is 0.247 e. The van der Waals surface area contributed by atoms with E-state index in [0.717, 1.165) is 16.6 Å². The molecule has 136 valence electrons. The summed E-state index contributed by atoms with van der Waals surface area (Å²) >= 11 is 0. The topological polar surface area (TPSA) is 86.8 Å². The largest absolute Gasteiger partial charge is 0.356 e. The van der Waals surface area contributed by atoms with Crippen LogP contribution in [0, 0.1) is 0 Å². The summed E-state index contributed by atoms with van der Waals surface area (Å²) < 4.78 is 0. The first-order valence-electron chi connectivity index (χ1n) is 8.77. The van der Waals surface area contributed by atoms with E-state index in [-0.39, 0.29) is 5.91 Å². The molecule has 26 heavy (non-hydrogen) atoms. The van der Waals surface area contributed by atoms with Crippen molar-refractivity contribution in [2.45, 2.75) is 32.7 Å². The molecule has 7 heteroatoms. The second-order valence-electron chi connectivity index (χ2n) is 6.50. The molecule has 3 aromatic heterocycles. The fourth-order valence-corrected chi connectivity index (χ4v) is 2.84. The van der Waals surface area contributed by atoms with Crippen molar-refractivity contribution < 1.29 is 4.79 Å². The predicted molar refractivity (Wildman–Crippen MR) is 103 cm³/mol. The number of likely N-dealkylation sites (N-methyl/N-ethyl adjacent to an activating group) is 1. The van der Waals surface area contributed by atoms with E-state index in [0.29, 0.717) is 24.6 Å². The molecule has 1 unspecified atom stereocenters. The highest BCUT2D eigenvalue weighted by Crippen LogP contribution is 2.26. The van der Waals surface area contributed by atoms with Crippen LogP contribution in [-0.4, -0.2) is 49.9 Å². The number of amides is 1. The molecule has 0 spiro atoms. The lowest BCUT2D eigenvalue weighted by Crippen LogP contribution is -2.50. The number of aromatic nitrogens is 4. The van der Waals surface area contributed by atoms with Crippen molar-refractivity contribution in [1.82, 2.24) is 24.8 Å². The number of aromatic amines is 1. The average Bonchev–Trinajstić information content (AvgIpc) is 3.11. The first kappa shape index (κ1) is 17.8. The summed E-state index contributed by atoms with van der Waals surface area (Å²) in [5.74, 6) is 1.25. The summed E-state index contributed by atoms with van der Waals surface area (Å²) in [7, 11) is 1.81. The SMILES string of the molecule is CCN(C)C(=O)C(C)(CC)Nc1ccnc(-c2c[nH]c3ncccc23)n1. The van der Waals surface area contributed by atoms with Gasteiger partial charge in [-0.2, -0.15) is 0 Å². The van der Waals surface area contributed by atoms with E-state index in [9.17, 15) is 4.79 Å². The number of hydrogen-bond acceptors (Lipinski definition) is 5. The van der Waals surface area contributed by atoms with Gasteiger partial charge in [-0.15, -0.1) is 0 Å². The number of hydrogen-bond donors (Lipinski definition) is 2. The second-order valence-corrected chi connectivity index (χ2v) is 6.50. The lowest BCUT2D eigenvalue weighted by atomic mass is 9.97. The standard InChI is InChI=1S/C19H24N6O/c1-5-19(3,18(26)25(4)6-2)24-15-9-11-21-17(23-15)14-12-22-16-13(14)8-7-10-20-16/h7-12H,5-6H2,1-4H3,(H,20,22)(H,21,23,24). The van der Waals surface area contributed by atoms with E-state index >= 15 is 0 Å². The molecule has 0 saturated carbocycles. The zero-order valence-electron chi connectivity index (χ0n) is 15.6. The Kier molecular flexibility index (Phi) is 4.88. The van der Waals surface area contributed by atoms with Crippen molar-refractivity contribution in [3.63, 3.8) is 0 Å². The predicted octanol–water partition coefficient (Wildman–Crippen LogP) is 3.08. The van der Waals surface area contributed by atoms with Crippen LogP contribution in [0.5, 0.6) is 0 Å². The van der Waals surface area contributed by atoms with Gasteiger partial charge in [-0.05, 0) is 38.5 Å². The normalized spacial score (nSPS) is 13.4. The van der Waals surface area contributed by atoms with Crippen LogP contribution in [0.1, 0.15) is 27.2 Å². The molecule has 3 heterocycles. The molecule has 3 aromatic rings. The van der Waals surface area contributed by atoms with Crippen molar-refractivity contribution in [2.24, 2.45) is 0 Å². The molecule has 0 aromatic carbocycles. The number of pyridine rings is 1. The molecule has 0 radical (unpaired) electrons. The van der Waals surface area contributed by atoms with Gasteiger partial charge in [0.15, 0.2) is 5.82 Å². The number of carbonyl (C=O) groups excluding carboxylic acids is 1. The Morgan fingerprint density at radius 3 is 2.81 bits per heavy atom. The van der Waals surface area contributed by atoms with Crippen molar-refractivity contribution in [3.8, 4) is 11.4 Å². The number of anilines is 1. The Morgan fingerprint density at radius 2 is 2.08 bits per heavy atom. The van der Waals surface area contributed by atoms with Crippen molar-refractivity contribution in [1.29, 1.82) is 0 Å². The molecule has 0 bridgehead atoms. The summed E-state index contributed by atoms with van der Waals surface area (Å²) in [4.78, 5) is 30.9. The van der Waals surface area contributed by atoms with Crippen LogP contribution in [0.25, 0.3) is 22.4 Å². The van der Waals surface area contributed by atoms with Gasteiger partial charge in [-0.1, -0.05) is 6.92 Å². The van der Waals surface area contributed by atoms with Crippen molar-refractivity contribution in [2.75, 3.05) is 18.9 Å². The highest BCUT2D eigenvalue weighted by atomic mass is 16.2. The van der Waals surface area contributed by atoms with Gasteiger partial charge in [-0.3, -0.25) is 4.79 Å². The number of H-pyrrole nitrogens is 1. The maximum absolute atomic E-state index is 12.7. The summed E-state index contributed by atoms with van der Waals surface area (Å²) in [6.45, 7) is 6.51. The summed E-state index contributed by atoms with van der Waals surface area (Å²) in [5, 5.41) is 4.27. The number of nitrogens with one attached hydrogen (secondary N) is 2. The van der Waals surface area contributed by atoms with Gasteiger partial charge in [-0.25, -0.2) is 15.0 Å². The third-order valence-electron chi connectivity index (χ3n) is 4.75. The number of nitrogens with zero attached hydrogens (tertiary/aromatic N) is 4. The van der Waals surface area contributed by atoms with E-state index in [1.807, 2.05) is 46.1 Å². The van der Waals surface area contributed by atoms with E-state index < -0.39 is 5.54 Å². The van der Waals surface area contributed by atoms with Crippen LogP contribution < -0.4 is 5.32 Å². The van der Waals surface area contributed by atoms with Crippen molar-refractivity contribution in [3.05, 3.63) is 36.8 Å². The molecule has 1 atom stereocenters. The average molecular weight is 352 g/mol. The minimum Gasteiger partial charge on any atom is -0.356 e. The molecule has 0 aliphatic rings. The molecule has 0 aliphatic carbocycles. The van der Waals surface area contributed by atoms with Gasteiger partial charge in [0.2, 0.25) is 5.91 Å². The van der Waals surface area contributed by atoms with Gasteiger partial charge >= 0.3 is 0 Å². The zero-order chi connectivity index (χ0) is 18.7. The molecule has 0 aliphatic heterocycles. The van der Waals surface area contributed by atoms with Crippen LogP contribution in [0.3, 0.4) is 0 Å². The van der Waals surface area contributed by atoms with Crippen LogP contribution in [0.2, 0.25) is 0 Å². The lowest BCUT2D eigenvalue weighted by Gasteiger charge is -2.32. The van der Waals surface area contributed by atoms with Crippen LogP contribution >= 0.6 is 0 Å². The highest BCUT2D eigenvalue weighted by molar-refractivity contribution is 5.92. The van der Waals surface area contributed by atoms with Gasteiger partial charge in [0.25, 0.3) is 0 Å². The molecular formula is C19H24N6O. The third-order valence-corrected chi connectivity index (χ3v) is 4.75. The van der Waals surface area contributed by atoms with E-state index in [2.05, 4.69) is 25.3 Å². The van der Waals surface area contributed by atoms with E-state index in [4.69, 9.17) is 0 Å². The maximum atomic E-state index is 12.7. The lowest BCUT2D eigenvalue weighted by molar-refractivity contribution is -0.134. The van der Waals surface area contributed by atoms with Crippen LogP contribution in [0.15, 0.2) is 36.8 Å². The Bertz CT molecular complexity index is 921. The highest BCUT2D eigenvalue weighted by Gasteiger charge is 2.33. The summed E-state index contributed by atoms with van der Waals surface area (Å²) in [5.41, 5.74) is 0.951. The Labute approximate surface area is 152 Å². The maximum Gasteiger partial charge on any atom is 0.247 e. The molecule has 7 nitrogen and oxygen atoms in total. The van der Waals surface area contributed by atoms with E-state index in [1.165, 1.54) is 0 Å². The monoisotopic (exact) mass is 352 g/mol. The first-order valence-corrected chi connectivity index (χ1v) is 8.77. The van der Waals surface area contributed by atoms with Gasteiger partial charge in [0.1, 0.15) is 17.0 Å². The molecule has 3 rings (SSSR count). The number of rotatable bonds is 6. The van der Waals surface area contributed by atoms with Gasteiger partial charge in [0.05, 0.1) is 0 Å². The summed E-state index contributed by atoms with van der Waals surface area (Å²) in [6, 6.07) is 5.65. The molecular weight excluding hydrogens is 328 g/mol. The molecule has 2 N–H and O–H groups in total. The first-order chi connectivity index (χ1) is 12.5. The fraction of sp³-hybridized carbons (Fsp3) is 0.368.